The number of aliphatic carboxylic acids is 1. The summed E-state index contributed by atoms with van der Waals surface area (Å²) < 4.78 is 30.6. The van der Waals surface area contributed by atoms with E-state index in [0.717, 1.165) is 12.8 Å². The summed E-state index contributed by atoms with van der Waals surface area (Å²) in [6.45, 7) is 3.94. The summed E-state index contributed by atoms with van der Waals surface area (Å²) in [6, 6.07) is 0. The predicted molar refractivity (Wildman–Crippen MR) is 144 cm³/mol. The molecule has 0 aromatic rings. The van der Waals surface area contributed by atoms with Crippen LogP contribution in [0.2, 0.25) is 0 Å². The molecule has 3 rings (SSSR count). The van der Waals surface area contributed by atoms with Crippen LogP contribution in [0.1, 0.15) is 59.3 Å². The largest absolute Gasteiger partial charge is 0.479 e. The number of hydrogen-bond acceptors (Lipinski definition) is 13. The van der Waals surface area contributed by atoms with Gasteiger partial charge in [-0.25, -0.2) is 4.79 Å². The van der Waals surface area contributed by atoms with Gasteiger partial charge in [0.1, 0.15) is 42.7 Å². The van der Waals surface area contributed by atoms with Crippen LogP contribution in [0.5, 0.6) is 0 Å². The van der Waals surface area contributed by atoms with Gasteiger partial charge in [-0.2, -0.15) is 0 Å². The molecule has 6 unspecified atom stereocenters. The summed E-state index contributed by atoms with van der Waals surface area (Å²) in [5.41, 5.74) is 0. The molecule has 0 aromatic carbocycles. The summed E-state index contributed by atoms with van der Waals surface area (Å²) in [5.74, 6) is -2.03. The number of ether oxygens (including phenoxy) is 5. The van der Waals surface area contributed by atoms with Crippen molar-refractivity contribution < 1.29 is 69.3 Å². The lowest BCUT2D eigenvalue weighted by molar-refractivity contribution is -0.339. The Morgan fingerprint density at radius 1 is 0.905 bits per heavy atom. The van der Waals surface area contributed by atoms with Crippen molar-refractivity contribution in [1.82, 2.24) is 0 Å². The van der Waals surface area contributed by atoms with Gasteiger partial charge in [0.25, 0.3) is 0 Å². The maximum atomic E-state index is 12.1. The van der Waals surface area contributed by atoms with Crippen LogP contribution < -0.4 is 0 Å². The second kappa shape index (κ2) is 16.3. The second-order valence-electron chi connectivity index (χ2n) is 11.8. The monoisotopic (exact) mass is 610 g/mol. The summed E-state index contributed by atoms with van der Waals surface area (Å²) >= 11 is 0. The smallest absolute Gasteiger partial charge is 0.333 e. The fourth-order valence-electron chi connectivity index (χ4n) is 6.19. The van der Waals surface area contributed by atoms with Crippen LogP contribution in [0.3, 0.4) is 0 Å². The van der Waals surface area contributed by atoms with E-state index in [9.17, 15) is 45.6 Å². The minimum absolute atomic E-state index is 0.00439. The molecule has 14 heteroatoms. The minimum Gasteiger partial charge on any atom is -0.479 e. The van der Waals surface area contributed by atoms with Gasteiger partial charge in [-0.3, -0.25) is 0 Å². The van der Waals surface area contributed by atoms with Gasteiger partial charge < -0.3 is 64.5 Å². The van der Waals surface area contributed by atoms with E-state index in [2.05, 4.69) is 0 Å². The molecule has 0 aromatic heterocycles. The molecule has 14 nitrogen and oxygen atoms in total. The van der Waals surface area contributed by atoms with Crippen molar-refractivity contribution >= 4 is 5.97 Å². The van der Waals surface area contributed by atoms with E-state index in [1.54, 1.807) is 6.92 Å². The molecule has 3 fully saturated rings. The molecule has 3 aliphatic rings. The molecule has 15 atom stereocenters. The highest BCUT2D eigenvalue weighted by atomic mass is 16.7. The molecule has 2 saturated heterocycles. The Morgan fingerprint density at radius 2 is 1.60 bits per heavy atom. The Bertz CT molecular complexity index is 815. The molecule has 0 spiro atoms. The number of aliphatic hydroxyl groups is 7. The van der Waals surface area contributed by atoms with Crippen molar-refractivity contribution in [1.29, 1.82) is 0 Å². The van der Waals surface area contributed by atoms with E-state index < -0.39 is 105 Å². The van der Waals surface area contributed by atoms with Crippen LogP contribution in [0.15, 0.2) is 0 Å². The number of fused-ring (bicyclic) bond motifs is 1. The van der Waals surface area contributed by atoms with E-state index in [4.69, 9.17) is 23.7 Å². The molecule has 2 heterocycles. The van der Waals surface area contributed by atoms with Crippen molar-refractivity contribution in [3.63, 3.8) is 0 Å². The molecule has 1 saturated carbocycles. The zero-order chi connectivity index (χ0) is 31.1. The van der Waals surface area contributed by atoms with Gasteiger partial charge in [0.2, 0.25) is 0 Å². The zero-order valence-electron chi connectivity index (χ0n) is 24.6. The maximum Gasteiger partial charge on any atom is 0.333 e. The first kappa shape index (κ1) is 35.5. The topological polar surface area (TPSA) is 225 Å². The lowest BCUT2D eigenvalue weighted by atomic mass is 9.82. The summed E-state index contributed by atoms with van der Waals surface area (Å²) in [6.07, 6.45) is -12.2. The van der Waals surface area contributed by atoms with Crippen molar-refractivity contribution in [2.45, 2.75) is 139 Å². The summed E-state index contributed by atoms with van der Waals surface area (Å²) in [4.78, 5) is 12.1. The molecule has 8 N–H and O–H groups in total. The lowest BCUT2D eigenvalue weighted by Crippen LogP contribution is -2.63. The van der Waals surface area contributed by atoms with Crippen LogP contribution in [-0.2, 0) is 28.5 Å². The highest BCUT2D eigenvalue weighted by Crippen LogP contribution is 2.37. The van der Waals surface area contributed by atoms with Gasteiger partial charge in [0, 0.05) is 19.1 Å². The summed E-state index contributed by atoms with van der Waals surface area (Å²) in [7, 11) is 0. The lowest BCUT2D eigenvalue weighted by Gasteiger charge is -2.47. The van der Waals surface area contributed by atoms with E-state index >= 15 is 0 Å². The Hall–Kier alpha value is -1.01. The Balaban J connectivity index is 1.85. The molecular formula is C28H50O14. The average Bonchev–Trinajstić information content (AvgIpc) is 3.07. The number of carboxylic acids is 1. The van der Waals surface area contributed by atoms with Crippen molar-refractivity contribution in [3.05, 3.63) is 0 Å². The van der Waals surface area contributed by atoms with Gasteiger partial charge in [-0.15, -0.1) is 0 Å². The third kappa shape index (κ3) is 8.37. The van der Waals surface area contributed by atoms with Crippen LogP contribution in [-0.4, -0.2) is 146 Å². The van der Waals surface area contributed by atoms with Gasteiger partial charge in [-0.05, 0) is 45.4 Å². The minimum atomic E-state index is -1.66. The van der Waals surface area contributed by atoms with Gasteiger partial charge in [-0.1, -0.05) is 19.8 Å². The third-order valence-electron chi connectivity index (χ3n) is 8.81. The zero-order valence-corrected chi connectivity index (χ0v) is 24.6. The van der Waals surface area contributed by atoms with Gasteiger partial charge in [0.05, 0.1) is 31.0 Å². The fraction of sp³-hybridized carbons (Fsp3) is 0.964. The predicted octanol–water partition coefficient (Wildman–Crippen LogP) is -1.48. The highest BCUT2D eigenvalue weighted by Gasteiger charge is 2.51. The summed E-state index contributed by atoms with van der Waals surface area (Å²) in [5, 5.41) is 81.3. The third-order valence-corrected chi connectivity index (χ3v) is 8.81. The van der Waals surface area contributed by atoms with Crippen LogP contribution in [0, 0.1) is 11.8 Å². The van der Waals surface area contributed by atoms with E-state index in [1.807, 2.05) is 6.92 Å². The first-order valence-corrected chi connectivity index (χ1v) is 15.0. The Morgan fingerprint density at radius 3 is 2.19 bits per heavy atom. The molecule has 2 aliphatic heterocycles. The molecule has 1 aliphatic carbocycles. The maximum absolute atomic E-state index is 12.1. The molecule has 0 radical (unpaired) electrons. The fourth-order valence-corrected chi connectivity index (χ4v) is 6.19. The van der Waals surface area contributed by atoms with Gasteiger partial charge in [0.15, 0.2) is 12.4 Å². The SMILES string of the molecule is CC[C@@H]1CCC[C@@H](O[C@@H]2OC(CO)[C@H](O)C3O[C@@H](C(=O)O)[C@H](CO)CCCOC32)C1O[C@H](C)[C@@H](O)C(O)[C@H](O)C(C)O. The number of hydrogen-bond donors (Lipinski definition) is 8. The van der Waals surface area contributed by atoms with Crippen molar-refractivity contribution in [3.8, 4) is 0 Å². The van der Waals surface area contributed by atoms with Crippen LogP contribution in [0.4, 0.5) is 0 Å². The highest BCUT2D eigenvalue weighted by molar-refractivity contribution is 5.72. The molecule has 42 heavy (non-hydrogen) atoms. The Kier molecular flexibility index (Phi) is 13.8. The molecular weight excluding hydrogens is 560 g/mol. The van der Waals surface area contributed by atoms with E-state index in [-0.39, 0.29) is 12.5 Å². The van der Waals surface area contributed by atoms with Gasteiger partial charge >= 0.3 is 5.97 Å². The average molecular weight is 611 g/mol. The number of carboxylic acid groups (broad SMARTS) is 1. The number of carbonyl (C=O) groups is 1. The number of rotatable bonds is 12. The van der Waals surface area contributed by atoms with Crippen LogP contribution >= 0.6 is 0 Å². The second-order valence-corrected chi connectivity index (χ2v) is 11.8. The standard InChI is InChI=1S/C28H50O14/c1-4-15-7-5-9-17(23(15)39-14(3)20(33)22(35)19(32)13(2)31)40-28-26-25(21(34)18(12-30)41-28)42-24(27(36)37)16(11-29)8-6-10-38-26/h13-26,28-35H,4-12H2,1-3H3,(H,36,37)/t13?,14-,15-,16+,17-,18?,19-,20-,21+,22?,23?,24-,25?,26?,28-/m1/s1. The Labute approximate surface area is 246 Å². The quantitative estimate of drug-likeness (QED) is 0.126. The normalized spacial score (nSPS) is 40.0. The van der Waals surface area contributed by atoms with E-state index in [1.165, 1.54) is 6.92 Å². The number of aliphatic hydroxyl groups excluding tert-OH is 7. The molecule has 0 amide bonds. The molecule has 246 valence electrons. The van der Waals surface area contributed by atoms with Crippen molar-refractivity contribution in [2.75, 3.05) is 19.8 Å². The first-order valence-electron chi connectivity index (χ1n) is 15.0. The van der Waals surface area contributed by atoms with E-state index in [0.29, 0.717) is 25.7 Å². The first-order chi connectivity index (χ1) is 19.9. The van der Waals surface area contributed by atoms with Crippen LogP contribution in [0.25, 0.3) is 0 Å². The molecule has 0 bridgehead atoms. The van der Waals surface area contributed by atoms with Crippen molar-refractivity contribution in [2.24, 2.45) is 11.8 Å².